The normalized spacial score (nSPS) is 13.5. The molecule has 1 rings (SSSR count). The molecule has 0 aliphatic heterocycles. The topological polar surface area (TPSA) is 42.7 Å². The lowest BCUT2D eigenvalue weighted by molar-refractivity contribution is 0.401. The number of rotatable bonds is 5. The monoisotopic (exact) mass is 210 g/mol. The van der Waals surface area contributed by atoms with Crippen LogP contribution in [0.5, 0.6) is 0 Å². The van der Waals surface area contributed by atoms with Gasteiger partial charge in [-0.2, -0.15) is 5.10 Å². The van der Waals surface area contributed by atoms with E-state index < -0.39 is 0 Å². The van der Waals surface area contributed by atoms with Crippen LogP contribution in [0.1, 0.15) is 32.4 Å². The maximum absolute atomic E-state index is 4.36. The van der Waals surface area contributed by atoms with Crippen molar-refractivity contribution in [2.24, 2.45) is 5.92 Å². The molecule has 4 heteroatoms. The average Bonchev–Trinajstić information content (AvgIpc) is 2.42. The summed E-state index contributed by atoms with van der Waals surface area (Å²) in [4.78, 5) is 4.29. The Bertz CT molecular complexity index is 304. The van der Waals surface area contributed by atoms with Gasteiger partial charge in [-0.3, -0.25) is 0 Å². The second kappa shape index (κ2) is 5.26. The van der Waals surface area contributed by atoms with Crippen molar-refractivity contribution in [3.63, 3.8) is 0 Å². The minimum atomic E-state index is 0.547. The zero-order chi connectivity index (χ0) is 11.4. The number of nitrogens with one attached hydrogen (secondary N) is 1. The average molecular weight is 210 g/mol. The lowest BCUT2D eigenvalue weighted by Gasteiger charge is -2.15. The fourth-order valence-corrected chi connectivity index (χ4v) is 1.53. The molecule has 1 unspecified atom stereocenters. The van der Waals surface area contributed by atoms with Gasteiger partial charge in [-0.05, 0) is 26.3 Å². The van der Waals surface area contributed by atoms with Gasteiger partial charge in [-0.1, -0.05) is 20.8 Å². The highest BCUT2D eigenvalue weighted by Gasteiger charge is 2.08. The van der Waals surface area contributed by atoms with Crippen LogP contribution in [0.15, 0.2) is 0 Å². The summed E-state index contributed by atoms with van der Waals surface area (Å²) in [6, 6.07) is 0.547. The predicted octanol–water partition coefficient (Wildman–Crippen LogP) is 1.53. The summed E-state index contributed by atoms with van der Waals surface area (Å²) >= 11 is 0. The van der Waals surface area contributed by atoms with Crippen molar-refractivity contribution in [2.75, 3.05) is 6.54 Å². The molecule has 1 aromatic rings. The van der Waals surface area contributed by atoms with Crippen molar-refractivity contribution < 1.29 is 0 Å². The number of hydrogen-bond acceptors (Lipinski definition) is 3. The zero-order valence-corrected chi connectivity index (χ0v) is 10.4. The van der Waals surface area contributed by atoms with Crippen LogP contribution in [-0.2, 0) is 6.54 Å². The first-order valence-corrected chi connectivity index (χ1v) is 5.60. The Morgan fingerprint density at radius 2 is 1.93 bits per heavy atom. The van der Waals surface area contributed by atoms with Gasteiger partial charge in [-0.25, -0.2) is 9.67 Å². The SMILES string of the molecule is Cc1nc(C)n(CC(C)CNC(C)C)n1. The maximum atomic E-state index is 4.36. The summed E-state index contributed by atoms with van der Waals surface area (Å²) in [5.74, 6) is 2.44. The van der Waals surface area contributed by atoms with Crippen molar-refractivity contribution in [2.45, 2.75) is 47.2 Å². The molecule has 1 heterocycles. The first-order chi connectivity index (χ1) is 6.99. The minimum absolute atomic E-state index is 0.547. The molecule has 1 aromatic heterocycles. The van der Waals surface area contributed by atoms with Crippen LogP contribution >= 0.6 is 0 Å². The molecule has 0 bridgehead atoms. The molecule has 0 amide bonds. The molecule has 4 nitrogen and oxygen atoms in total. The number of hydrogen-bond donors (Lipinski definition) is 1. The van der Waals surface area contributed by atoms with Gasteiger partial charge in [0, 0.05) is 12.6 Å². The van der Waals surface area contributed by atoms with Gasteiger partial charge in [-0.15, -0.1) is 0 Å². The van der Waals surface area contributed by atoms with E-state index in [4.69, 9.17) is 0 Å². The first-order valence-electron chi connectivity index (χ1n) is 5.60. The van der Waals surface area contributed by atoms with E-state index in [0.717, 1.165) is 24.7 Å². The van der Waals surface area contributed by atoms with Gasteiger partial charge in [0.1, 0.15) is 11.6 Å². The molecule has 0 aliphatic rings. The summed E-state index contributed by atoms with van der Waals surface area (Å²) in [5.41, 5.74) is 0. The van der Waals surface area contributed by atoms with Crippen LogP contribution in [-0.4, -0.2) is 27.4 Å². The van der Waals surface area contributed by atoms with Gasteiger partial charge >= 0.3 is 0 Å². The van der Waals surface area contributed by atoms with E-state index in [2.05, 4.69) is 36.2 Å². The minimum Gasteiger partial charge on any atom is -0.314 e. The Kier molecular flexibility index (Phi) is 4.27. The van der Waals surface area contributed by atoms with E-state index in [1.54, 1.807) is 0 Å². The van der Waals surface area contributed by atoms with Gasteiger partial charge < -0.3 is 5.32 Å². The lowest BCUT2D eigenvalue weighted by atomic mass is 10.1. The third kappa shape index (κ3) is 4.00. The van der Waals surface area contributed by atoms with Crippen LogP contribution in [0.2, 0.25) is 0 Å². The molecule has 1 atom stereocenters. The highest BCUT2D eigenvalue weighted by molar-refractivity contribution is 4.87. The molecular weight excluding hydrogens is 188 g/mol. The van der Waals surface area contributed by atoms with Crippen LogP contribution in [0, 0.1) is 19.8 Å². The Morgan fingerprint density at radius 1 is 1.27 bits per heavy atom. The Balaban J connectivity index is 2.44. The molecule has 0 aromatic carbocycles. The van der Waals surface area contributed by atoms with Gasteiger partial charge in [0.2, 0.25) is 0 Å². The molecule has 0 saturated heterocycles. The van der Waals surface area contributed by atoms with Crippen molar-refractivity contribution in [3.05, 3.63) is 11.6 Å². The Labute approximate surface area is 92.1 Å². The van der Waals surface area contributed by atoms with Gasteiger partial charge in [0.15, 0.2) is 0 Å². The molecule has 0 fully saturated rings. The van der Waals surface area contributed by atoms with E-state index in [1.165, 1.54) is 0 Å². The van der Waals surface area contributed by atoms with Crippen LogP contribution < -0.4 is 5.32 Å². The molecular formula is C11H22N4. The van der Waals surface area contributed by atoms with E-state index in [1.807, 2.05) is 18.5 Å². The van der Waals surface area contributed by atoms with Crippen molar-refractivity contribution in [3.8, 4) is 0 Å². The van der Waals surface area contributed by atoms with Crippen molar-refractivity contribution in [1.82, 2.24) is 20.1 Å². The van der Waals surface area contributed by atoms with Gasteiger partial charge in [0.05, 0.1) is 0 Å². The molecule has 0 saturated carbocycles. The summed E-state index contributed by atoms with van der Waals surface area (Å²) in [5, 5.41) is 7.79. The van der Waals surface area contributed by atoms with Crippen LogP contribution in [0.4, 0.5) is 0 Å². The Morgan fingerprint density at radius 3 is 2.40 bits per heavy atom. The molecule has 15 heavy (non-hydrogen) atoms. The molecule has 0 aliphatic carbocycles. The van der Waals surface area contributed by atoms with Crippen molar-refractivity contribution in [1.29, 1.82) is 0 Å². The molecule has 0 radical (unpaired) electrons. The molecule has 0 spiro atoms. The third-order valence-electron chi connectivity index (χ3n) is 2.32. The maximum Gasteiger partial charge on any atom is 0.147 e. The lowest BCUT2D eigenvalue weighted by Crippen LogP contribution is -2.30. The fraction of sp³-hybridized carbons (Fsp3) is 0.818. The van der Waals surface area contributed by atoms with Gasteiger partial charge in [0.25, 0.3) is 0 Å². The molecule has 86 valence electrons. The number of nitrogens with zero attached hydrogens (tertiary/aromatic N) is 3. The summed E-state index contributed by atoms with van der Waals surface area (Å²) < 4.78 is 1.99. The zero-order valence-electron chi connectivity index (χ0n) is 10.4. The summed E-state index contributed by atoms with van der Waals surface area (Å²) in [7, 11) is 0. The highest BCUT2D eigenvalue weighted by atomic mass is 15.3. The fourth-order valence-electron chi connectivity index (χ4n) is 1.53. The van der Waals surface area contributed by atoms with E-state index in [-0.39, 0.29) is 0 Å². The standard InChI is InChI=1S/C11H22N4/c1-8(2)12-6-9(3)7-15-11(5)13-10(4)14-15/h8-9,12H,6-7H2,1-5H3. The van der Waals surface area contributed by atoms with Crippen LogP contribution in [0.25, 0.3) is 0 Å². The predicted molar refractivity (Wildman–Crippen MR) is 61.8 cm³/mol. The van der Waals surface area contributed by atoms with E-state index >= 15 is 0 Å². The third-order valence-corrected chi connectivity index (χ3v) is 2.32. The summed E-state index contributed by atoms with van der Waals surface area (Å²) in [6.07, 6.45) is 0. The number of aryl methyl sites for hydroxylation is 2. The largest absolute Gasteiger partial charge is 0.314 e. The quantitative estimate of drug-likeness (QED) is 0.801. The number of aromatic nitrogens is 3. The van der Waals surface area contributed by atoms with Crippen molar-refractivity contribution >= 4 is 0 Å². The Hall–Kier alpha value is -0.900. The smallest absolute Gasteiger partial charge is 0.147 e. The second-order valence-corrected chi connectivity index (χ2v) is 4.56. The van der Waals surface area contributed by atoms with E-state index in [9.17, 15) is 0 Å². The van der Waals surface area contributed by atoms with E-state index in [0.29, 0.717) is 12.0 Å². The second-order valence-electron chi connectivity index (χ2n) is 4.56. The summed E-state index contributed by atoms with van der Waals surface area (Å²) in [6.45, 7) is 12.5. The molecule has 1 N–H and O–H groups in total. The highest BCUT2D eigenvalue weighted by Crippen LogP contribution is 2.02. The van der Waals surface area contributed by atoms with Crippen LogP contribution in [0.3, 0.4) is 0 Å². The first kappa shape index (κ1) is 12.2.